The number of para-hydroxylation sites is 4. The van der Waals surface area contributed by atoms with Crippen molar-refractivity contribution < 1.29 is 0 Å². The molecule has 0 fully saturated rings. The van der Waals surface area contributed by atoms with Gasteiger partial charge in [0.15, 0.2) is 5.82 Å². The van der Waals surface area contributed by atoms with Crippen molar-refractivity contribution in [2.45, 2.75) is 0 Å². The van der Waals surface area contributed by atoms with Crippen LogP contribution in [-0.2, 0) is 0 Å². The van der Waals surface area contributed by atoms with Crippen LogP contribution in [0.15, 0.2) is 206 Å². The molecule has 0 spiro atoms. The molecule has 0 N–H and O–H groups in total. The zero-order chi connectivity index (χ0) is 39.3. The van der Waals surface area contributed by atoms with Gasteiger partial charge in [0.1, 0.15) is 0 Å². The molecule has 0 bridgehead atoms. The highest BCUT2D eigenvalue weighted by Crippen LogP contribution is 2.46. The summed E-state index contributed by atoms with van der Waals surface area (Å²) in [7, 11) is 0. The lowest BCUT2D eigenvalue weighted by atomic mass is 9.91. The van der Waals surface area contributed by atoms with Crippen LogP contribution < -0.4 is 0 Å². The minimum absolute atomic E-state index is 0.711. The molecule has 10 aromatic carbocycles. The van der Waals surface area contributed by atoms with Gasteiger partial charge in [0, 0.05) is 49.1 Å². The molecular formula is C56H34N4. The number of aromatic nitrogens is 4. The Morgan fingerprint density at radius 1 is 0.300 bits per heavy atom. The van der Waals surface area contributed by atoms with Crippen LogP contribution in [0.3, 0.4) is 0 Å². The summed E-state index contributed by atoms with van der Waals surface area (Å²) in [6.45, 7) is 0. The highest BCUT2D eigenvalue weighted by Gasteiger charge is 2.24. The fourth-order valence-corrected chi connectivity index (χ4v) is 9.97. The predicted molar refractivity (Wildman–Crippen MR) is 252 cm³/mol. The number of hydrogen-bond donors (Lipinski definition) is 0. The number of fused-ring (bicyclic) bond motifs is 14. The molecule has 0 atom stereocenters. The second-order valence-electron chi connectivity index (χ2n) is 15.7. The van der Waals surface area contributed by atoms with Crippen LogP contribution in [0.5, 0.6) is 0 Å². The van der Waals surface area contributed by atoms with Gasteiger partial charge in [-0.3, -0.25) is 0 Å². The van der Waals surface area contributed by atoms with E-state index in [2.05, 4.69) is 209 Å². The third-order valence-corrected chi connectivity index (χ3v) is 12.5. The first kappa shape index (κ1) is 32.9. The van der Waals surface area contributed by atoms with Crippen molar-refractivity contribution in [1.29, 1.82) is 0 Å². The van der Waals surface area contributed by atoms with Gasteiger partial charge in [0.2, 0.25) is 0 Å². The first-order valence-electron chi connectivity index (χ1n) is 20.5. The van der Waals surface area contributed by atoms with Crippen molar-refractivity contribution in [3.05, 3.63) is 206 Å². The SMILES string of the molecule is c1ccc(-c2nc(-c3cc(-n4c5ccccc5c5c6c7ccccc7n(-c7ccccc7)c6ccc54)c4c5ccccc5c5ccccc5c4c3)c3ccccc3n2)cc1. The molecule has 60 heavy (non-hydrogen) atoms. The molecule has 0 aliphatic heterocycles. The highest BCUT2D eigenvalue weighted by atomic mass is 15.0. The van der Waals surface area contributed by atoms with E-state index in [1.807, 2.05) is 6.07 Å². The Labute approximate surface area is 344 Å². The van der Waals surface area contributed by atoms with Crippen LogP contribution in [0.4, 0.5) is 0 Å². The smallest absolute Gasteiger partial charge is 0.160 e. The summed E-state index contributed by atoms with van der Waals surface area (Å²) in [4.78, 5) is 10.5. The third-order valence-electron chi connectivity index (χ3n) is 12.5. The van der Waals surface area contributed by atoms with Crippen LogP contribution in [0.25, 0.3) is 121 Å². The number of rotatable bonds is 4. The Morgan fingerprint density at radius 3 is 1.48 bits per heavy atom. The standard InChI is InChI=1S/C56H34N4/c1-3-17-35(18-4-1)56-57-46-28-14-11-25-42(46)55(58-56)36-33-45-40-23-8-7-21-38(40)39-22-9-10-24-41(39)52(45)51(34-36)60-48-30-16-13-27-44(48)54-50(60)32-31-49-53(54)43-26-12-15-29-47(43)59(49)37-19-5-2-6-20-37/h1-34H. The van der Waals surface area contributed by atoms with Gasteiger partial charge in [-0.2, -0.15) is 0 Å². The molecular weight excluding hydrogens is 729 g/mol. The van der Waals surface area contributed by atoms with Gasteiger partial charge in [-0.05, 0) is 81.5 Å². The van der Waals surface area contributed by atoms with Crippen molar-refractivity contribution >= 4 is 86.8 Å². The van der Waals surface area contributed by atoms with Crippen LogP contribution in [-0.4, -0.2) is 19.1 Å². The van der Waals surface area contributed by atoms with Crippen molar-refractivity contribution in [2.75, 3.05) is 0 Å². The average Bonchev–Trinajstić information content (AvgIpc) is 3.84. The molecule has 3 aromatic heterocycles. The average molecular weight is 763 g/mol. The van der Waals surface area contributed by atoms with E-state index in [0.29, 0.717) is 5.82 Å². The molecule has 13 rings (SSSR count). The van der Waals surface area contributed by atoms with Gasteiger partial charge in [-0.1, -0.05) is 152 Å². The van der Waals surface area contributed by atoms with Gasteiger partial charge < -0.3 is 9.13 Å². The molecule has 0 saturated carbocycles. The van der Waals surface area contributed by atoms with Gasteiger partial charge in [-0.25, -0.2) is 9.97 Å². The largest absolute Gasteiger partial charge is 0.309 e. The maximum Gasteiger partial charge on any atom is 0.160 e. The van der Waals surface area contributed by atoms with Gasteiger partial charge in [0.05, 0.1) is 39.0 Å². The predicted octanol–water partition coefficient (Wildman–Crippen LogP) is 14.6. The van der Waals surface area contributed by atoms with Gasteiger partial charge in [0.25, 0.3) is 0 Å². The fraction of sp³-hybridized carbons (Fsp3) is 0. The van der Waals surface area contributed by atoms with Crippen LogP contribution in [0, 0.1) is 0 Å². The normalized spacial score (nSPS) is 12.0. The molecule has 4 heteroatoms. The Balaban J connectivity index is 1.23. The fourth-order valence-electron chi connectivity index (χ4n) is 9.97. The zero-order valence-electron chi connectivity index (χ0n) is 32.4. The van der Waals surface area contributed by atoms with Gasteiger partial charge >= 0.3 is 0 Å². The highest BCUT2D eigenvalue weighted by molar-refractivity contribution is 6.31. The molecule has 0 unspecified atom stereocenters. The topological polar surface area (TPSA) is 35.6 Å². The van der Waals surface area contributed by atoms with E-state index >= 15 is 0 Å². The summed E-state index contributed by atoms with van der Waals surface area (Å²) >= 11 is 0. The van der Waals surface area contributed by atoms with Crippen LogP contribution in [0.2, 0.25) is 0 Å². The van der Waals surface area contributed by atoms with E-state index in [4.69, 9.17) is 9.97 Å². The summed E-state index contributed by atoms with van der Waals surface area (Å²) in [6.07, 6.45) is 0. The summed E-state index contributed by atoms with van der Waals surface area (Å²) in [5.41, 5.74) is 10.8. The first-order valence-corrected chi connectivity index (χ1v) is 20.5. The molecule has 0 aliphatic rings. The maximum atomic E-state index is 5.42. The van der Waals surface area contributed by atoms with Crippen molar-refractivity contribution in [1.82, 2.24) is 19.1 Å². The van der Waals surface area contributed by atoms with Gasteiger partial charge in [-0.15, -0.1) is 0 Å². The lowest BCUT2D eigenvalue weighted by Gasteiger charge is -2.19. The second-order valence-corrected chi connectivity index (χ2v) is 15.7. The van der Waals surface area contributed by atoms with Crippen LogP contribution in [0.1, 0.15) is 0 Å². The summed E-state index contributed by atoms with van der Waals surface area (Å²) in [5, 5.41) is 13.3. The molecule has 0 saturated heterocycles. The van der Waals surface area contributed by atoms with E-state index in [0.717, 1.165) is 50.1 Å². The van der Waals surface area contributed by atoms with E-state index in [9.17, 15) is 0 Å². The van der Waals surface area contributed by atoms with E-state index in [1.54, 1.807) is 0 Å². The summed E-state index contributed by atoms with van der Waals surface area (Å²) in [6, 6.07) is 74.4. The van der Waals surface area contributed by atoms with Crippen molar-refractivity contribution in [3.63, 3.8) is 0 Å². The molecule has 0 radical (unpaired) electrons. The number of hydrogen-bond acceptors (Lipinski definition) is 2. The molecule has 13 aromatic rings. The molecule has 0 aliphatic carbocycles. The Hall–Kier alpha value is -8.08. The maximum absolute atomic E-state index is 5.42. The third kappa shape index (κ3) is 4.67. The Bertz CT molecular complexity index is 3880. The number of benzene rings is 10. The minimum atomic E-state index is 0.711. The summed E-state index contributed by atoms with van der Waals surface area (Å²) in [5.74, 6) is 0.711. The van der Waals surface area contributed by atoms with E-state index < -0.39 is 0 Å². The lowest BCUT2D eigenvalue weighted by molar-refractivity contribution is 1.18. The molecule has 3 heterocycles. The van der Waals surface area contributed by atoms with Crippen molar-refractivity contribution in [2.24, 2.45) is 0 Å². The lowest BCUT2D eigenvalue weighted by Crippen LogP contribution is -2.00. The van der Waals surface area contributed by atoms with E-state index in [-0.39, 0.29) is 0 Å². The molecule has 0 amide bonds. The Morgan fingerprint density at radius 2 is 0.800 bits per heavy atom. The quantitative estimate of drug-likeness (QED) is 0.167. The zero-order valence-corrected chi connectivity index (χ0v) is 32.4. The first-order chi connectivity index (χ1) is 29.8. The molecule has 4 nitrogen and oxygen atoms in total. The number of nitrogens with zero attached hydrogens (tertiary/aromatic N) is 4. The minimum Gasteiger partial charge on any atom is -0.309 e. The second kappa shape index (κ2) is 12.7. The molecule has 278 valence electrons. The Kier molecular flexibility index (Phi) is 6.98. The summed E-state index contributed by atoms with van der Waals surface area (Å²) < 4.78 is 4.93. The van der Waals surface area contributed by atoms with Crippen molar-refractivity contribution in [3.8, 4) is 34.0 Å². The van der Waals surface area contributed by atoms with Crippen LogP contribution >= 0.6 is 0 Å². The monoisotopic (exact) mass is 762 g/mol. The van der Waals surface area contributed by atoms with E-state index in [1.165, 1.54) is 64.9 Å².